The van der Waals surface area contributed by atoms with Crippen molar-refractivity contribution in [2.45, 2.75) is 28.8 Å². The van der Waals surface area contributed by atoms with Gasteiger partial charge in [-0.05, 0) is 31.0 Å². The largest absolute Gasteiger partial charge is 0.341 e. The highest BCUT2D eigenvalue weighted by Gasteiger charge is 2.17. The lowest BCUT2D eigenvalue weighted by atomic mass is 10.1. The van der Waals surface area contributed by atoms with E-state index in [1.807, 2.05) is 0 Å². The quantitative estimate of drug-likeness (QED) is 0.635. The Balaban J connectivity index is 1.85. The van der Waals surface area contributed by atoms with E-state index >= 15 is 0 Å². The maximum atomic E-state index is 5.43. The molecule has 106 valence electrons. The van der Waals surface area contributed by atoms with Gasteiger partial charge in [-0.1, -0.05) is 11.3 Å². The summed E-state index contributed by atoms with van der Waals surface area (Å²) in [6.07, 6.45) is 3.59. The average Bonchev–Trinajstić information content (AvgIpc) is 3.00. The summed E-state index contributed by atoms with van der Waals surface area (Å²) in [6, 6.07) is 0. The first-order valence-electron chi connectivity index (χ1n) is 6.27. The fourth-order valence-electron chi connectivity index (χ4n) is 1.98. The normalized spacial score (nSPS) is 15.3. The molecule has 0 spiro atoms. The van der Waals surface area contributed by atoms with Crippen LogP contribution in [0.5, 0.6) is 0 Å². The molecule has 8 nitrogen and oxygen atoms in total. The second-order valence-electron chi connectivity index (χ2n) is 4.24. The van der Waals surface area contributed by atoms with Crippen molar-refractivity contribution in [1.29, 1.82) is 0 Å². The van der Waals surface area contributed by atoms with E-state index < -0.39 is 0 Å². The van der Waals surface area contributed by atoms with Crippen LogP contribution in [-0.2, 0) is 0 Å². The predicted octanol–water partition coefficient (Wildman–Crippen LogP) is 1.15. The van der Waals surface area contributed by atoms with Crippen LogP contribution >= 0.6 is 23.1 Å². The maximum absolute atomic E-state index is 5.43. The van der Waals surface area contributed by atoms with Gasteiger partial charge in [-0.3, -0.25) is 5.43 Å². The van der Waals surface area contributed by atoms with Crippen LogP contribution in [0.1, 0.15) is 19.3 Å². The Kier molecular flexibility index (Phi) is 4.23. The number of anilines is 2. The van der Waals surface area contributed by atoms with Crippen LogP contribution in [0.3, 0.4) is 0 Å². The molecule has 2 aromatic heterocycles. The van der Waals surface area contributed by atoms with Gasteiger partial charge in [0.1, 0.15) is 5.51 Å². The number of hydrazine groups is 1. The minimum absolute atomic E-state index is 0.368. The molecule has 2 aromatic rings. The molecular weight excluding hydrogens is 296 g/mol. The Morgan fingerprint density at radius 1 is 1.20 bits per heavy atom. The minimum atomic E-state index is 0.368. The molecule has 0 amide bonds. The molecule has 1 fully saturated rings. The smallest absolute Gasteiger partial charge is 0.242 e. The second-order valence-corrected chi connectivity index (χ2v) is 6.29. The molecule has 0 saturated carbocycles. The number of hydrogen-bond acceptors (Lipinski definition) is 10. The highest BCUT2D eigenvalue weighted by atomic mass is 32.2. The first kappa shape index (κ1) is 13.5. The van der Waals surface area contributed by atoms with Crippen LogP contribution in [0.4, 0.5) is 11.9 Å². The average molecular weight is 310 g/mol. The zero-order valence-corrected chi connectivity index (χ0v) is 12.3. The van der Waals surface area contributed by atoms with Crippen molar-refractivity contribution in [3.63, 3.8) is 0 Å². The van der Waals surface area contributed by atoms with Crippen LogP contribution in [-0.4, -0.2) is 38.2 Å². The molecule has 0 aliphatic carbocycles. The lowest BCUT2D eigenvalue weighted by Crippen LogP contribution is -2.31. The summed E-state index contributed by atoms with van der Waals surface area (Å²) in [6.45, 7) is 1.94. The molecule has 3 heterocycles. The standard InChI is InChI=1S/C10H14N8S2/c11-16-7-13-8(18-4-2-1-3-5-18)15-9(14-7)20-10-17-12-6-19-10/h6H,1-5,11H2,(H,13,14,15,16). The summed E-state index contributed by atoms with van der Waals surface area (Å²) in [5.41, 5.74) is 4.17. The second kappa shape index (κ2) is 6.29. The van der Waals surface area contributed by atoms with E-state index in [1.165, 1.54) is 29.5 Å². The minimum Gasteiger partial charge on any atom is -0.341 e. The molecule has 0 atom stereocenters. The number of nitrogens with zero attached hydrogens (tertiary/aromatic N) is 6. The van der Waals surface area contributed by atoms with Gasteiger partial charge in [0.2, 0.25) is 17.1 Å². The van der Waals surface area contributed by atoms with Crippen molar-refractivity contribution >= 4 is 35.0 Å². The third kappa shape index (κ3) is 3.14. The number of nitrogens with two attached hydrogens (primary N) is 1. The molecule has 10 heteroatoms. The molecule has 0 unspecified atom stereocenters. The predicted molar refractivity (Wildman–Crippen MR) is 77.7 cm³/mol. The summed E-state index contributed by atoms with van der Waals surface area (Å²) in [7, 11) is 0. The first-order chi connectivity index (χ1) is 9.85. The number of aromatic nitrogens is 5. The van der Waals surface area contributed by atoms with Gasteiger partial charge in [0, 0.05) is 13.1 Å². The van der Waals surface area contributed by atoms with Crippen molar-refractivity contribution in [3.8, 4) is 0 Å². The van der Waals surface area contributed by atoms with Crippen LogP contribution in [0, 0.1) is 0 Å². The zero-order valence-electron chi connectivity index (χ0n) is 10.7. The van der Waals surface area contributed by atoms with Gasteiger partial charge in [0.15, 0.2) is 4.34 Å². The third-order valence-corrected chi connectivity index (χ3v) is 4.53. The van der Waals surface area contributed by atoms with E-state index in [9.17, 15) is 0 Å². The summed E-state index contributed by atoms with van der Waals surface area (Å²) in [5.74, 6) is 6.47. The van der Waals surface area contributed by atoms with Gasteiger partial charge in [0.25, 0.3) is 0 Å². The molecule has 1 saturated heterocycles. The van der Waals surface area contributed by atoms with Gasteiger partial charge in [-0.2, -0.15) is 15.0 Å². The molecular formula is C10H14N8S2. The Morgan fingerprint density at radius 3 is 2.75 bits per heavy atom. The molecule has 1 aliphatic heterocycles. The van der Waals surface area contributed by atoms with Gasteiger partial charge >= 0.3 is 0 Å². The van der Waals surface area contributed by atoms with Crippen molar-refractivity contribution in [2.75, 3.05) is 23.4 Å². The van der Waals surface area contributed by atoms with Crippen molar-refractivity contribution in [2.24, 2.45) is 5.84 Å². The van der Waals surface area contributed by atoms with Crippen LogP contribution < -0.4 is 16.2 Å². The Hall–Kier alpha value is -1.52. The highest BCUT2D eigenvalue weighted by Crippen LogP contribution is 2.27. The van der Waals surface area contributed by atoms with E-state index in [1.54, 1.807) is 5.51 Å². The summed E-state index contributed by atoms with van der Waals surface area (Å²) in [4.78, 5) is 15.2. The molecule has 20 heavy (non-hydrogen) atoms. The monoisotopic (exact) mass is 310 g/mol. The molecule has 0 aromatic carbocycles. The van der Waals surface area contributed by atoms with Gasteiger partial charge in [-0.15, -0.1) is 10.2 Å². The Bertz CT molecular complexity index is 554. The summed E-state index contributed by atoms with van der Waals surface area (Å²) in [5, 5.41) is 8.35. The Morgan fingerprint density at radius 2 is 2.05 bits per heavy atom. The molecule has 0 bridgehead atoms. The first-order valence-corrected chi connectivity index (χ1v) is 7.96. The van der Waals surface area contributed by atoms with Crippen LogP contribution in [0.2, 0.25) is 0 Å². The van der Waals surface area contributed by atoms with E-state index in [4.69, 9.17) is 5.84 Å². The molecule has 1 aliphatic rings. The van der Waals surface area contributed by atoms with E-state index in [0.29, 0.717) is 17.1 Å². The number of rotatable bonds is 4. The lowest BCUT2D eigenvalue weighted by molar-refractivity contribution is 0.565. The topological polar surface area (TPSA) is 106 Å². The van der Waals surface area contributed by atoms with Crippen LogP contribution in [0.15, 0.2) is 15.0 Å². The molecule has 3 rings (SSSR count). The van der Waals surface area contributed by atoms with E-state index in [0.717, 1.165) is 30.3 Å². The summed E-state index contributed by atoms with van der Waals surface area (Å²) < 4.78 is 0.795. The number of nitrogens with one attached hydrogen (secondary N) is 1. The van der Waals surface area contributed by atoms with Crippen molar-refractivity contribution < 1.29 is 0 Å². The van der Waals surface area contributed by atoms with Gasteiger partial charge in [0.05, 0.1) is 0 Å². The number of hydrogen-bond donors (Lipinski definition) is 2. The molecule has 3 N–H and O–H groups in total. The van der Waals surface area contributed by atoms with Crippen molar-refractivity contribution in [3.05, 3.63) is 5.51 Å². The number of nitrogen functional groups attached to an aromatic ring is 1. The maximum Gasteiger partial charge on any atom is 0.242 e. The van der Waals surface area contributed by atoms with E-state index in [-0.39, 0.29) is 0 Å². The lowest BCUT2D eigenvalue weighted by Gasteiger charge is -2.26. The van der Waals surface area contributed by atoms with Crippen molar-refractivity contribution in [1.82, 2.24) is 25.1 Å². The van der Waals surface area contributed by atoms with E-state index in [2.05, 4.69) is 35.5 Å². The fraction of sp³-hybridized carbons (Fsp3) is 0.500. The van der Waals surface area contributed by atoms with Crippen LogP contribution in [0.25, 0.3) is 0 Å². The molecule has 0 radical (unpaired) electrons. The van der Waals surface area contributed by atoms with Gasteiger partial charge in [-0.25, -0.2) is 5.84 Å². The zero-order chi connectivity index (χ0) is 13.8. The highest BCUT2D eigenvalue weighted by molar-refractivity contribution is 8.00. The number of piperidine rings is 1. The fourth-order valence-corrected chi connectivity index (χ4v) is 3.30. The summed E-state index contributed by atoms with van der Waals surface area (Å²) >= 11 is 2.81. The third-order valence-electron chi connectivity index (χ3n) is 2.89. The SMILES string of the molecule is NNc1nc(Sc2nncs2)nc(N2CCCCC2)n1. The van der Waals surface area contributed by atoms with Gasteiger partial charge < -0.3 is 4.90 Å². The Labute approximate surface area is 124 Å².